The van der Waals surface area contributed by atoms with Crippen LogP contribution in [0.15, 0.2) is 66.9 Å². The molecule has 98 valence electrons. The highest BCUT2D eigenvalue weighted by molar-refractivity contribution is 5.82. The standard InChI is InChI=1S/C19H17N/c1-14-11-15(2)13-16(12-14)17-7-3-4-8-18(17)19-9-5-6-10-20-19/h3-13H,1-2H3. The van der Waals surface area contributed by atoms with Gasteiger partial charge < -0.3 is 0 Å². The van der Waals surface area contributed by atoms with Crippen LogP contribution in [-0.4, -0.2) is 4.98 Å². The van der Waals surface area contributed by atoms with Gasteiger partial charge in [-0.2, -0.15) is 0 Å². The van der Waals surface area contributed by atoms with E-state index in [-0.39, 0.29) is 0 Å². The molecule has 1 heterocycles. The van der Waals surface area contributed by atoms with Crippen LogP contribution in [0.2, 0.25) is 0 Å². The fourth-order valence-corrected chi connectivity index (χ4v) is 2.61. The van der Waals surface area contributed by atoms with Gasteiger partial charge in [-0.1, -0.05) is 59.7 Å². The summed E-state index contributed by atoms with van der Waals surface area (Å²) in [4.78, 5) is 4.48. The largest absolute Gasteiger partial charge is 0.256 e. The lowest BCUT2D eigenvalue weighted by Gasteiger charge is -2.11. The van der Waals surface area contributed by atoms with Gasteiger partial charge in [-0.3, -0.25) is 4.98 Å². The Bertz CT molecular complexity index is 710. The van der Waals surface area contributed by atoms with E-state index in [0.717, 1.165) is 5.69 Å². The lowest BCUT2D eigenvalue weighted by atomic mass is 9.95. The average Bonchev–Trinajstić information content (AvgIpc) is 2.47. The minimum Gasteiger partial charge on any atom is -0.256 e. The maximum atomic E-state index is 4.48. The zero-order chi connectivity index (χ0) is 13.9. The molecule has 0 radical (unpaired) electrons. The molecule has 0 atom stereocenters. The van der Waals surface area contributed by atoms with Crippen molar-refractivity contribution >= 4 is 0 Å². The second-order valence-corrected chi connectivity index (χ2v) is 5.14. The number of hydrogen-bond acceptors (Lipinski definition) is 1. The zero-order valence-corrected chi connectivity index (χ0v) is 11.8. The van der Waals surface area contributed by atoms with Gasteiger partial charge in [0.25, 0.3) is 0 Å². The SMILES string of the molecule is Cc1cc(C)cc(-c2ccccc2-c2ccccn2)c1. The van der Waals surface area contributed by atoms with Crippen LogP contribution >= 0.6 is 0 Å². The van der Waals surface area contributed by atoms with Gasteiger partial charge in [0.15, 0.2) is 0 Å². The summed E-state index contributed by atoms with van der Waals surface area (Å²) in [5.74, 6) is 0. The van der Waals surface area contributed by atoms with Crippen LogP contribution in [0.5, 0.6) is 0 Å². The van der Waals surface area contributed by atoms with E-state index in [2.05, 4.69) is 67.4 Å². The Kier molecular flexibility index (Phi) is 3.34. The highest BCUT2D eigenvalue weighted by Crippen LogP contribution is 2.31. The molecular weight excluding hydrogens is 242 g/mol. The first-order valence-electron chi connectivity index (χ1n) is 6.83. The van der Waals surface area contributed by atoms with Crippen molar-refractivity contribution in [1.82, 2.24) is 4.98 Å². The number of rotatable bonds is 2. The summed E-state index contributed by atoms with van der Waals surface area (Å²) in [5.41, 5.74) is 7.26. The molecule has 0 fully saturated rings. The molecule has 1 heteroatoms. The van der Waals surface area contributed by atoms with E-state index < -0.39 is 0 Å². The van der Waals surface area contributed by atoms with Crippen molar-refractivity contribution in [2.75, 3.05) is 0 Å². The predicted molar refractivity (Wildman–Crippen MR) is 84.6 cm³/mol. The second-order valence-electron chi connectivity index (χ2n) is 5.14. The van der Waals surface area contributed by atoms with E-state index in [1.807, 2.05) is 18.3 Å². The first-order valence-corrected chi connectivity index (χ1v) is 6.83. The Hall–Kier alpha value is -2.41. The molecule has 0 aliphatic rings. The zero-order valence-electron chi connectivity index (χ0n) is 11.8. The van der Waals surface area contributed by atoms with Gasteiger partial charge in [0, 0.05) is 11.8 Å². The topological polar surface area (TPSA) is 12.9 Å². The maximum absolute atomic E-state index is 4.48. The summed E-state index contributed by atoms with van der Waals surface area (Å²) in [5, 5.41) is 0. The number of hydrogen-bond donors (Lipinski definition) is 0. The van der Waals surface area contributed by atoms with Crippen LogP contribution in [-0.2, 0) is 0 Å². The van der Waals surface area contributed by atoms with Crippen LogP contribution < -0.4 is 0 Å². The minimum absolute atomic E-state index is 1.02. The molecule has 0 saturated carbocycles. The number of aryl methyl sites for hydroxylation is 2. The van der Waals surface area contributed by atoms with Crippen molar-refractivity contribution in [2.24, 2.45) is 0 Å². The molecule has 0 unspecified atom stereocenters. The predicted octanol–water partition coefficient (Wildman–Crippen LogP) is 5.03. The molecule has 0 aliphatic carbocycles. The second kappa shape index (κ2) is 5.30. The average molecular weight is 259 g/mol. The molecular formula is C19H17N. The Morgan fingerprint density at radius 3 is 2.00 bits per heavy atom. The van der Waals surface area contributed by atoms with Crippen molar-refractivity contribution in [3.05, 3.63) is 78.0 Å². The first-order chi connectivity index (χ1) is 9.74. The Morgan fingerprint density at radius 1 is 0.700 bits per heavy atom. The van der Waals surface area contributed by atoms with Crippen LogP contribution in [0, 0.1) is 13.8 Å². The Balaban J connectivity index is 2.20. The van der Waals surface area contributed by atoms with Crippen LogP contribution in [0.3, 0.4) is 0 Å². The summed E-state index contributed by atoms with van der Waals surface area (Å²) in [6, 6.07) is 21.1. The van der Waals surface area contributed by atoms with Crippen LogP contribution in [0.25, 0.3) is 22.4 Å². The van der Waals surface area contributed by atoms with E-state index in [1.165, 1.54) is 27.8 Å². The molecule has 3 aromatic rings. The Labute approximate surface area is 119 Å². The van der Waals surface area contributed by atoms with Crippen molar-refractivity contribution in [2.45, 2.75) is 13.8 Å². The third-order valence-electron chi connectivity index (χ3n) is 3.40. The van der Waals surface area contributed by atoms with E-state index >= 15 is 0 Å². The van der Waals surface area contributed by atoms with Gasteiger partial charge in [-0.05, 0) is 37.1 Å². The third-order valence-corrected chi connectivity index (χ3v) is 3.40. The summed E-state index contributed by atoms with van der Waals surface area (Å²) in [6.07, 6.45) is 1.84. The molecule has 20 heavy (non-hydrogen) atoms. The van der Waals surface area contributed by atoms with Gasteiger partial charge >= 0.3 is 0 Å². The van der Waals surface area contributed by atoms with E-state index in [4.69, 9.17) is 0 Å². The minimum atomic E-state index is 1.02. The summed E-state index contributed by atoms with van der Waals surface area (Å²) in [6.45, 7) is 4.28. The highest BCUT2D eigenvalue weighted by Gasteiger charge is 2.08. The molecule has 2 aromatic carbocycles. The molecule has 0 bridgehead atoms. The normalized spacial score (nSPS) is 10.5. The fraction of sp³-hybridized carbons (Fsp3) is 0.105. The first kappa shape index (κ1) is 12.6. The number of nitrogens with zero attached hydrogens (tertiary/aromatic N) is 1. The lowest BCUT2D eigenvalue weighted by Crippen LogP contribution is -1.88. The van der Waals surface area contributed by atoms with Gasteiger partial charge in [-0.15, -0.1) is 0 Å². The molecule has 0 aliphatic heterocycles. The molecule has 0 saturated heterocycles. The molecule has 3 rings (SSSR count). The van der Waals surface area contributed by atoms with Crippen molar-refractivity contribution in [1.29, 1.82) is 0 Å². The highest BCUT2D eigenvalue weighted by atomic mass is 14.7. The monoisotopic (exact) mass is 259 g/mol. The van der Waals surface area contributed by atoms with Crippen molar-refractivity contribution < 1.29 is 0 Å². The summed E-state index contributed by atoms with van der Waals surface area (Å²) in [7, 11) is 0. The van der Waals surface area contributed by atoms with E-state index in [9.17, 15) is 0 Å². The van der Waals surface area contributed by atoms with Gasteiger partial charge in [-0.25, -0.2) is 0 Å². The van der Waals surface area contributed by atoms with Crippen LogP contribution in [0.4, 0.5) is 0 Å². The molecule has 0 N–H and O–H groups in total. The van der Waals surface area contributed by atoms with E-state index in [0.29, 0.717) is 0 Å². The molecule has 1 nitrogen and oxygen atoms in total. The van der Waals surface area contributed by atoms with Gasteiger partial charge in [0.1, 0.15) is 0 Å². The summed E-state index contributed by atoms with van der Waals surface area (Å²) >= 11 is 0. The van der Waals surface area contributed by atoms with Crippen LogP contribution in [0.1, 0.15) is 11.1 Å². The van der Waals surface area contributed by atoms with Gasteiger partial charge in [0.05, 0.1) is 5.69 Å². The number of aromatic nitrogens is 1. The fourth-order valence-electron chi connectivity index (χ4n) is 2.61. The third kappa shape index (κ3) is 2.48. The van der Waals surface area contributed by atoms with Crippen molar-refractivity contribution in [3.63, 3.8) is 0 Å². The lowest BCUT2D eigenvalue weighted by molar-refractivity contribution is 1.32. The molecule has 0 spiro atoms. The smallest absolute Gasteiger partial charge is 0.0708 e. The quantitative estimate of drug-likeness (QED) is 0.628. The van der Waals surface area contributed by atoms with Crippen molar-refractivity contribution in [3.8, 4) is 22.4 Å². The van der Waals surface area contributed by atoms with Gasteiger partial charge in [0.2, 0.25) is 0 Å². The Morgan fingerprint density at radius 2 is 1.35 bits per heavy atom. The number of benzene rings is 2. The summed E-state index contributed by atoms with van der Waals surface area (Å²) < 4.78 is 0. The molecule has 0 amide bonds. The maximum Gasteiger partial charge on any atom is 0.0708 e. The number of pyridine rings is 1. The molecule has 1 aromatic heterocycles. The van der Waals surface area contributed by atoms with E-state index in [1.54, 1.807) is 0 Å².